The first kappa shape index (κ1) is 25.1. The Hall–Kier alpha value is -3.48. The molecule has 0 unspecified atom stereocenters. The number of nitrogens with zero attached hydrogens (tertiary/aromatic N) is 1. The molecule has 3 rings (SSSR count). The lowest BCUT2D eigenvalue weighted by atomic mass is 9.84. The molecule has 1 N–H and O–H groups in total. The zero-order chi connectivity index (χ0) is 24.9. The van der Waals surface area contributed by atoms with Crippen molar-refractivity contribution in [2.24, 2.45) is 5.41 Å². The number of pyridine rings is 1. The van der Waals surface area contributed by atoms with Crippen molar-refractivity contribution < 1.29 is 28.2 Å². The maximum atomic E-state index is 14.8. The van der Waals surface area contributed by atoms with E-state index >= 15 is 0 Å². The number of hydrogen-bond acceptors (Lipinski definition) is 4. The molecule has 0 fully saturated rings. The number of aliphatic carboxylic acids is 1. The lowest BCUT2D eigenvalue weighted by molar-refractivity contribution is -0.136. The van der Waals surface area contributed by atoms with Gasteiger partial charge in [-0.15, -0.1) is 0 Å². The van der Waals surface area contributed by atoms with Gasteiger partial charge in [0.1, 0.15) is 12.4 Å². The van der Waals surface area contributed by atoms with Crippen molar-refractivity contribution in [3.8, 4) is 22.8 Å². The molecule has 0 radical (unpaired) electrons. The third-order valence-electron chi connectivity index (χ3n) is 5.27. The molecule has 0 aliphatic rings. The second kappa shape index (κ2) is 10.6. The Kier molecular flexibility index (Phi) is 7.87. The summed E-state index contributed by atoms with van der Waals surface area (Å²) >= 11 is 0. The van der Waals surface area contributed by atoms with Crippen LogP contribution in [0.2, 0.25) is 0 Å². The first-order valence-electron chi connectivity index (χ1n) is 11.0. The summed E-state index contributed by atoms with van der Waals surface area (Å²) in [7, 11) is 1.48. The molecular weight excluding hydrogens is 440 g/mol. The van der Waals surface area contributed by atoms with Crippen molar-refractivity contribution in [3.05, 3.63) is 77.0 Å². The number of aromatic nitrogens is 1. The largest absolute Gasteiger partial charge is 0.486 e. The second-order valence-electron chi connectivity index (χ2n) is 9.35. The average molecular weight is 470 g/mol. The molecule has 1 aromatic heterocycles. The Morgan fingerprint density at radius 2 is 1.82 bits per heavy atom. The molecule has 0 amide bonds. The summed E-state index contributed by atoms with van der Waals surface area (Å²) in [4.78, 5) is 14.7. The van der Waals surface area contributed by atoms with E-state index in [0.717, 1.165) is 22.9 Å². The summed E-state index contributed by atoms with van der Waals surface area (Å²) in [5.74, 6) is -1.60. The number of carboxylic acid groups (broad SMARTS) is 1. The number of ether oxygens (including phenoxy) is 2. The van der Waals surface area contributed by atoms with Crippen LogP contribution in [0.15, 0.2) is 48.7 Å². The lowest BCUT2D eigenvalue weighted by Crippen LogP contribution is -2.11. The molecule has 180 valence electrons. The Labute approximate surface area is 198 Å². The Morgan fingerprint density at radius 1 is 1.06 bits per heavy atom. The molecule has 5 nitrogen and oxygen atoms in total. The quantitative estimate of drug-likeness (QED) is 0.403. The van der Waals surface area contributed by atoms with Gasteiger partial charge in [-0.3, -0.25) is 4.79 Å². The van der Waals surface area contributed by atoms with Gasteiger partial charge in [0.05, 0.1) is 13.3 Å². The van der Waals surface area contributed by atoms with E-state index in [1.165, 1.54) is 13.2 Å². The van der Waals surface area contributed by atoms with Gasteiger partial charge in [-0.2, -0.15) is 0 Å². The smallest absolute Gasteiger partial charge is 0.303 e. The van der Waals surface area contributed by atoms with Gasteiger partial charge in [-0.05, 0) is 46.6 Å². The van der Waals surface area contributed by atoms with Gasteiger partial charge >= 0.3 is 5.97 Å². The minimum absolute atomic E-state index is 0.0631. The third kappa shape index (κ3) is 6.53. The van der Waals surface area contributed by atoms with E-state index in [0.29, 0.717) is 23.4 Å². The third-order valence-corrected chi connectivity index (χ3v) is 5.27. The van der Waals surface area contributed by atoms with Crippen LogP contribution in [0.25, 0.3) is 11.1 Å². The van der Waals surface area contributed by atoms with E-state index in [1.807, 2.05) is 18.2 Å². The SMILES string of the molecule is COc1cc(-c2ccc(COc3cccc(CCC(=O)O)c3F)cc2CC(C)(C)C)c(F)cn1. The van der Waals surface area contributed by atoms with E-state index in [-0.39, 0.29) is 30.6 Å². The number of hydrogen-bond donors (Lipinski definition) is 1. The van der Waals surface area contributed by atoms with Crippen molar-refractivity contribution in [2.75, 3.05) is 7.11 Å². The standard InChI is InChI=1S/C27H29F2NO4/c1-27(2,3)14-19-12-17(8-10-20(19)21-13-24(33-4)30-15-22(21)28)16-34-23-7-5-6-18(26(23)29)9-11-25(31)32/h5-8,10,12-13,15H,9,11,14,16H2,1-4H3,(H,31,32). The minimum atomic E-state index is -0.986. The number of aryl methyl sites for hydroxylation is 1. The van der Waals surface area contributed by atoms with Gasteiger partial charge < -0.3 is 14.6 Å². The summed E-state index contributed by atoms with van der Waals surface area (Å²) in [6.07, 6.45) is 1.75. The average Bonchev–Trinajstić information content (AvgIpc) is 2.77. The molecule has 0 spiro atoms. The van der Waals surface area contributed by atoms with Crippen molar-refractivity contribution >= 4 is 5.97 Å². The van der Waals surface area contributed by atoms with Gasteiger partial charge in [0.15, 0.2) is 11.6 Å². The van der Waals surface area contributed by atoms with Crippen molar-refractivity contribution in [1.82, 2.24) is 4.98 Å². The Bertz CT molecular complexity index is 1170. The molecule has 0 atom stereocenters. The Morgan fingerprint density at radius 3 is 2.50 bits per heavy atom. The van der Waals surface area contributed by atoms with Crippen LogP contribution in [0.4, 0.5) is 8.78 Å². The predicted molar refractivity (Wildman–Crippen MR) is 126 cm³/mol. The fourth-order valence-corrected chi connectivity index (χ4v) is 3.72. The van der Waals surface area contributed by atoms with E-state index < -0.39 is 17.6 Å². The monoisotopic (exact) mass is 469 g/mol. The van der Waals surface area contributed by atoms with Crippen LogP contribution in [0.5, 0.6) is 11.6 Å². The molecule has 0 saturated heterocycles. The highest BCUT2D eigenvalue weighted by Crippen LogP contribution is 2.33. The molecular formula is C27H29F2NO4. The first-order chi connectivity index (χ1) is 16.1. The summed E-state index contributed by atoms with van der Waals surface area (Å²) in [6, 6.07) is 11.9. The van der Waals surface area contributed by atoms with Crippen LogP contribution in [0.1, 0.15) is 43.9 Å². The Balaban J connectivity index is 1.89. The number of carboxylic acids is 1. The van der Waals surface area contributed by atoms with Gasteiger partial charge in [-0.1, -0.05) is 51.1 Å². The molecule has 0 saturated carbocycles. The number of halogens is 2. The normalized spacial score (nSPS) is 11.4. The number of carbonyl (C=O) groups is 1. The van der Waals surface area contributed by atoms with Gasteiger partial charge in [0.25, 0.3) is 0 Å². The zero-order valence-electron chi connectivity index (χ0n) is 19.8. The van der Waals surface area contributed by atoms with Crippen LogP contribution < -0.4 is 9.47 Å². The van der Waals surface area contributed by atoms with Crippen molar-refractivity contribution in [3.63, 3.8) is 0 Å². The topological polar surface area (TPSA) is 68.7 Å². The van der Waals surface area contributed by atoms with Gasteiger partial charge in [0.2, 0.25) is 5.88 Å². The molecule has 0 aliphatic carbocycles. The maximum absolute atomic E-state index is 14.8. The maximum Gasteiger partial charge on any atom is 0.303 e. The van der Waals surface area contributed by atoms with Crippen molar-refractivity contribution in [1.29, 1.82) is 0 Å². The summed E-state index contributed by atoms with van der Waals surface area (Å²) in [5.41, 5.74) is 3.10. The number of benzene rings is 2. The number of methoxy groups -OCH3 is 1. The van der Waals surface area contributed by atoms with E-state index in [2.05, 4.69) is 25.8 Å². The molecule has 2 aromatic carbocycles. The van der Waals surface area contributed by atoms with Crippen LogP contribution in [0.3, 0.4) is 0 Å². The molecule has 7 heteroatoms. The fourth-order valence-electron chi connectivity index (χ4n) is 3.72. The summed E-state index contributed by atoms with van der Waals surface area (Å²) < 4.78 is 40.3. The van der Waals surface area contributed by atoms with E-state index in [1.54, 1.807) is 18.2 Å². The molecule has 1 heterocycles. The second-order valence-corrected chi connectivity index (χ2v) is 9.35. The summed E-state index contributed by atoms with van der Waals surface area (Å²) in [5, 5.41) is 8.86. The van der Waals surface area contributed by atoms with E-state index in [9.17, 15) is 13.6 Å². The van der Waals surface area contributed by atoms with Crippen LogP contribution >= 0.6 is 0 Å². The predicted octanol–water partition coefficient (Wildman–Crippen LogP) is 6.22. The van der Waals surface area contributed by atoms with Gasteiger partial charge in [0, 0.05) is 18.1 Å². The highest BCUT2D eigenvalue weighted by molar-refractivity contribution is 5.69. The number of rotatable bonds is 9. The van der Waals surface area contributed by atoms with Gasteiger partial charge in [-0.25, -0.2) is 13.8 Å². The highest BCUT2D eigenvalue weighted by atomic mass is 19.1. The highest BCUT2D eigenvalue weighted by Gasteiger charge is 2.19. The molecule has 0 aliphatic heterocycles. The molecule has 3 aromatic rings. The lowest BCUT2D eigenvalue weighted by Gasteiger charge is -2.22. The van der Waals surface area contributed by atoms with Crippen LogP contribution in [0, 0.1) is 17.0 Å². The van der Waals surface area contributed by atoms with E-state index in [4.69, 9.17) is 14.6 Å². The zero-order valence-corrected chi connectivity index (χ0v) is 19.8. The first-order valence-corrected chi connectivity index (χ1v) is 11.0. The van der Waals surface area contributed by atoms with Crippen LogP contribution in [-0.4, -0.2) is 23.2 Å². The summed E-state index contributed by atoms with van der Waals surface area (Å²) in [6.45, 7) is 6.41. The molecule has 34 heavy (non-hydrogen) atoms. The molecule has 0 bridgehead atoms. The minimum Gasteiger partial charge on any atom is -0.486 e. The van der Waals surface area contributed by atoms with Crippen LogP contribution in [-0.2, 0) is 24.2 Å². The van der Waals surface area contributed by atoms with Crippen molar-refractivity contribution in [2.45, 2.75) is 46.6 Å². The fraction of sp³-hybridized carbons (Fsp3) is 0.333.